The summed E-state index contributed by atoms with van der Waals surface area (Å²) >= 11 is 6.46. The van der Waals surface area contributed by atoms with Crippen molar-refractivity contribution in [2.75, 3.05) is 23.3 Å². The Balaban J connectivity index is 1.16. The summed E-state index contributed by atoms with van der Waals surface area (Å²) < 4.78 is 20.6. The molecule has 4 aromatic rings. The molecule has 0 radical (unpaired) electrons. The van der Waals surface area contributed by atoms with Crippen LogP contribution in [0.5, 0.6) is 0 Å². The van der Waals surface area contributed by atoms with Gasteiger partial charge in [0.05, 0.1) is 22.0 Å². The standard InChI is InChI=1S/C36H34ClFN6O4/c1-20-6-7-23(34-21(2)42-48-22(34)3)15-32(20)43(26-9-8-24(18-39)28(37)16-26)13-5-4-12-40-30-17-27-25(14-29(30)38)19-44(36(27)47)31-10-11-33(45)41-35(31)46/h6-9,14-17,31,40H,4-5,10-13,19H2,1-3H3,(H,41,45,46). The monoisotopic (exact) mass is 668 g/mol. The summed E-state index contributed by atoms with van der Waals surface area (Å²) in [6.45, 7) is 6.98. The molecule has 3 aromatic carbocycles. The summed E-state index contributed by atoms with van der Waals surface area (Å²) in [5.41, 5.74) is 7.00. The van der Waals surface area contributed by atoms with Gasteiger partial charge in [-0.3, -0.25) is 19.7 Å². The maximum atomic E-state index is 15.1. The van der Waals surface area contributed by atoms with E-state index in [0.29, 0.717) is 47.6 Å². The zero-order valence-electron chi connectivity index (χ0n) is 26.8. The first-order valence-electron chi connectivity index (χ1n) is 15.8. The van der Waals surface area contributed by atoms with Crippen LogP contribution in [0.1, 0.15) is 64.2 Å². The van der Waals surface area contributed by atoms with Crippen LogP contribution in [0.2, 0.25) is 5.02 Å². The van der Waals surface area contributed by atoms with E-state index in [1.165, 1.54) is 17.0 Å². The molecule has 246 valence electrons. The van der Waals surface area contributed by atoms with Gasteiger partial charge in [0.25, 0.3) is 5.91 Å². The number of anilines is 3. The van der Waals surface area contributed by atoms with E-state index < -0.39 is 17.8 Å². The number of aryl methyl sites for hydroxylation is 3. The summed E-state index contributed by atoms with van der Waals surface area (Å²) in [7, 11) is 0. The number of amides is 3. The van der Waals surface area contributed by atoms with Crippen molar-refractivity contribution in [3.63, 3.8) is 0 Å². The second-order valence-corrected chi connectivity index (χ2v) is 12.6. The van der Waals surface area contributed by atoms with E-state index in [2.05, 4.69) is 38.9 Å². The lowest BCUT2D eigenvalue weighted by Crippen LogP contribution is -2.52. The third kappa shape index (κ3) is 6.36. The zero-order valence-corrected chi connectivity index (χ0v) is 27.6. The molecule has 3 amide bonds. The van der Waals surface area contributed by atoms with E-state index in [9.17, 15) is 19.6 Å². The molecule has 1 unspecified atom stereocenters. The van der Waals surface area contributed by atoms with Crippen molar-refractivity contribution < 1.29 is 23.3 Å². The maximum Gasteiger partial charge on any atom is 0.255 e. The van der Waals surface area contributed by atoms with Crippen LogP contribution in [-0.4, -0.2) is 46.9 Å². The predicted octanol–water partition coefficient (Wildman–Crippen LogP) is 6.72. The first-order chi connectivity index (χ1) is 23.0. The minimum absolute atomic E-state index is 0.115. The minimum Gasteiger partial charge on any atom is -0.383 e. The van der Waals surface area contributed by atoms with Crippen LogP contribution >= 0.6 is 11.6 Å². The van der Waals surface area contributed by atoms with Gasteiger partial charge in [-0.2, -0.15) is 5.26 Å². The second kappa shape index (κ2) is 13.5. The van der Waals surface area contributed by atoms with E-state index in [1.54, 1.807) is 12.1 Å². The van der Waals surface area contributed by atoms with Crippen molar-refractivity contribution in [1.29, 1.82) is 5.26 Å². The van der Waals surface area contributed by atoms with Crippen molar-refractivity contribution >= 4 is 46.4 Å². The SMILES string of the molecule is Cc1ccc(-c2c(C)noc2C)cc1N(CCCCNc1cc2c(cc1F)CN(C1CCC(=O)NC1=O)C2=O)c1ccc(C#N)c(Cl)c1. The van der Waals surface area contributed by atoms with Crippen molar-refractivity contribution in [2.24, 2.45) is 0 Å². The number of nitriles is 1. The molecular formula is C36H34ClFN6O4. The van der Waals surface area contributed by atoms with Crippen molar-refractivity contribution in [1.82, 2.24) is 15.4 Å². The largest absolute Gasteiger partial charge is 0.383 e. The van der Waals surface area contributed by atoms with E-state index in [1.807, 2.05) is 32.9 Å². The van der Waals surface area contributed by atoms with E-state index >= 15 is 4.39 Å². The highest BCUT2D eigenvalue weighted by atomic mass is 35.5. The number of hydrogen-bond acceptors (Lipinski definition) is 8. The number of nitrogens with zero attached hydrogens (tertiary/aromatic N) is 4. The number of nitrogens with one attached hydrogen (secondary N) is 2. The third-order valence-electron chi connectivity index (χ3n) is 8.94. The normalized spacial score (nSPS) is 15.7. The van der Waals surface area contributed by atoms with Crippen LogP contribution in [0.25, 0.3) is 11.1 Å². The summed E-state index contributed by atoms with van der Waals surface area (Å²) in [6, 6.07) is 15.8. The quantitative estimate of drug-likeness (QED) is 0.141. The third-order valence-corrected chi connectivity index (χ3v) is 9.25. The number of carbonyl (C=O) groups excluding carboxylic acids is 3. The van der Waals surface area contributed by atoms with Gasteiger partial charge in [0, 0.05) is 48.6 Å². The molecule has 1 fully saturated rings. The highest BCUT2D eigenvalue weighted by Crippen LogP contribution is 2.37. The predicted molar refractivity (Wildman–Crippen MR) is 179 cm³/mol. The van der Waals surface area contributed by atoms with Crippen LogP contribution in [0.15, 0.2) is 53.1 Å². The molecule has 10 nitrogen and oxygen atoms in total. The molecule has 3 heterocycles. The number of unbranched alkanes of at least 4 members (excludes halogenated alkanes) is 1. The highest BCUT2D eigenvalue weighted by molar-refractivity contribution is 6.32. The topological polar surface area (TPSA) is 132 Å². The summed E-state index contributed by atoms with van der Waals surface area (Å²) in [6.07, 6.45) is 1.79. The van der Waals surface area contributed by atoms with Crippen LogP contribution < -0.4 is 15.5 Å². The van der Waals surface area contributed by atoms with Gasteiger partial charge in [-0.05, 0) is 93.1 Å². The molecular weight excluding hydrogens is 635 g/mol. The Labute approximate surface area is 282 Å². The van der Waals surface area contributed by atoms with Gasteiger partial charge >= 0.3 is 0 Å². The molecule has 0 spiro atoms. The molecule has 0 aliphatic carbocycles. The molecule has 1 aromatic heterocycles. The Kier molecular flexibility index (Phi) is 9.20. The zero-order chi connectivity index (χ0) is 34.1. The Morgan fingerprint density at radius 1 is 1.12 bits per heavy atom. The Morgan fingerprint density at radius 2 is 1.94 bits per heavy atom. The first kappa shape index (κ1) is 32.7. The van der Waals surface area contributed by atoms with Crippen molar-refractivity contribution in [2.45, 2.75) is 59.0 Å². The number of halogens is 2. The molecule has 2 aliphatic heterocycles. The van der Waals surface area contributed by atoms with E-state index in [4.69, 9.17) is 16.1 Å². The average Bonchev–Trinajstić information content (AvgIpc) is 3.56. The number of hydrogen-bond donors (Lipinski definition) is 2. The number of rotatable bonds is 10. The number of piperidine rings is 1. The molecule has 2 N–H and O–H groups in total. The second-order valence-electron chi connectivity index (χ2n) is 12.2. The Morgan fingerprint density at radius 3 is 2.65 bits per heavy atom. The molecule has 12 heteroatoms. The lowest BCUT2D eigenvalue weighted by Gasteiger charge is -2.29. The lowest BCUT2D eigenvalue weighted by atomic mass is 10.0. The van der Waals surface area contributed by atoms with E-state index in [-0.39, 0.29) is 36.9 Å². The summed E-state index contributed by atoms with van der Waals surface area (Å²) in [4.78, 5) is 40.7. The fourth-order valence-corrected chi connectivity index (χ4v) is 6.66. The molecule has 1 atom stereocenters. The number of fused-ring (bicyclic) bond motifs is 1. The minimum atomic E-state index is -0.760. The first-order valence-corrected chi connectivity index (χ1v) is 16.2. The van der Waals surface area contributed by atoms with Gasteiger partial charge in [0.15, 0.2) is 0 Å². The fourth-order valence-electron chi connectivity index (χ4n) is 6.44. The highest BCUT2D eigenvalue weighted by Gasteiger charge is 2.39. The van der Waals surface area contributed by atoms with Crippen LogP contribution in [0.3, 0.4) is 0 Å². The van der Waals surface area contributed by atoms with Crippen LogP contribution in [-0.2, 0) is 16.1 Å². The average molecular weight is 669 g/mol. The van der Waals surface area contributed by atoms with Gasteiger partial charge in [0.2, 0.25) is 11.8 Å². The molecule has 2 aliphatic rings. The smallest absolute Gasteiger partial charge is 0.255 e. The van der Waals surface area contributed by atoms with Gasteiger partial charge < -0.3 is 19.6 Å². The number of carbonyl (C=O) groups is 3. The van der Waals surface area contributed by atoms with Crippen molar-refractivity contribution in [3.05, 3.63) is 93.1 Å². The summed E-state index contributed by atoms with van der Waals surface area (Å²) in [5.74, 6) is -0.970. The van der Waals surface area contributed by atoms with Crippen molar-refractivity contribution in [3.8, 4) is 17.2 Å². The maximum absolute atomic E-state index is 15.1. The van der Waals surface area contributed by atoms with Gasteiger partial charge in [-0.1, -0.05) is 28.9 Å². The van der Waals surface area contributed by atoms with Crippen LogP contribution in [0, 0.1) is 37.9 Å². The van der Waals surface area contributed by atoms with Gasteiger partial charge in [-0.25, -0.2) is 4.39 Å². The molecule has 0 bridgehead atoms. The molecule has 1 saturated heterocycles. The molecule has 48 heavy (non-hydrogen) atoms. The fraction of sp³-hybridized carbons (Fsp3) is 0.306. The van der Waals surface area contributed by atoms with Gasteiger partial charge in [-0.15, -0.1) is 0 Å². The Bertz CT molecular complexity index is 1970. The Hall–Kier alpha value is -5.21. The number of aromatic nitrogens is 1. The van der Waals surface area contributed by atoms with E-state index in [0.717, 1.165) is 39.5 Å². The molecule has 0 saturated carbocycles. The number of imide groups is 1. The molecule has 6 rings (SSSR count). The number of benzene rings is 3. The van der Waals surface area contributed by atoms with Gasteiger partial charge in [0.1, 0.15) is 23.7 Å². The summed E-state index contributed by atoms with van der Waals surface area (Å²) in [5, 5.41) is 19.3. The lowest BCUT2D eigenvalue weighted by molar-refractivity contribution is -0.136. The van der Waals surface area contributed by atoms with Crippen LogP contribution in [0.4, 0.5) is 21.5 Å².